The number of fused-ring (bicyclic) bond motifs is 1. The van der Waals surface area contributed by atoms with Gasteiger partial charge in [0.1, 0.15) is 18.1 Å². The molecule has 4 amide bonds. The van der Waals surface area contributed by atoms with Crippen LogP contribution in [0.2, 0.25) is 0 Å². The van der Waals surface area contributed by atoms with Gasteiger partial charge in [0.2, 0.25) is 23.6 Å². The highest BCUT2D eigenvalue weighted by Crippen LogP contribution is 2.23. The molecule has 0 unspecified atom stereocenters. The summed E-state index contributed by atoms with van der Waals surface area (Å²) in [5, 5.41) is 4.93. The van der Waals surface area contributed by atoms with E-state index in [1.165, 1.54) is 11.9 Å². The number of rotatable bonds is 11. The van der Waals surface area contributed by atoms with Gasteiger partial charge in [0, 0.05) is 13.6 Å². The summed E-state index contributed by atoms with van der Waals surface area (Å²) in [5.74, 6) is -1.49. The van der Waals surface area contributed by atoms with Crippen LogP contribution in [-0.4, -0.2) is 71.7 Å². The first-order valence-electron chi connectivity index (χ1n) is 12.6. The molecule has 9 nitrogen and oxygen atoms in total. The fourth-order valence-corrected chi connectivity index (χ4v) is 4.69. The molecule has 1 saturated heterocycles. The van der Waals surface area contributed by atoms with Gasteiger partial charge in [-0.3, -0.25) is 19.2 Å². The number of hydrogen-bond acceptors (Lipinski definition) is 5. The van der Waals surface area contributed by atoms with Crippen molar-refractivity contribution in [2.45, 2.75) is 63.6 Å². The number of nitrogens with zero attached hydrogens (tertiary/aromatic N) is 2. The Labute approximate surface area is 212 Å². The molecule has 36 heavy (non-hydrogen) atoms. The summed E-state index contributed by atoms with van der Waals surface area (Å²) in [7, 11) is 1.50. The van der Waals surface area contributed by atoms with Gasteiger partial charge in [0.15, 0.2) is 0 Å². The second-order valence-corrected chi connectivity index (χ2v) is 9.43. The van der Waals surface area contributed by atoms with Crippen molar-refractivity contribution in [3.63, 3.8) is 0 Å². The lowest BCUT2D eigenvalue weighted by Gasteiger charge is -2.30. The Balaban J connectivity index is 1.72. The molecule has 1 heterocycles. The SMILES string of the molecule is C[C@@H](C(N)=O)N(C)C(=O)[C@H](CCCCN)NC(=O)[C@@H]1CCCN1C(=O)Cc1cccc2ccccc12. The number of nitrogens with two attached hydrogens (primary N) is 2. The maximum absolute atomic E-state index is 13.3. The minimum atomic E-state index is -0.827. The van der Waals surface area contributed by atoms with Gasteiger partial charge in [0.05, 0.1) is 6.42 Å². The van der Waals surface area contributed by atoms with Crippen LogP contribution in [0.15, 0.2) is 42.5 Å². The van der Waals surface area contributed by atoms with Crippen LogP contribution in [0.3, 0.4) is 0 Å². The molecule has 2 aromatic carbocycles. The smallest absolute Gasteiger partial charge is 0.245 e. The van der Waals surface area contributed by atoms with E-state index in [1.807, 2.05) is 42.5 Å². The molecule has 5 N–H and O–H groups in total. The van der Waals surface area contributed by atoms with Gasteiger partial charge < -0.3 is 26.6 Å². The molecule has 2 aromatic rings. The molecular formula is C27H37N5O4. The summed E-state index contributed by atoms with van der Waals surface area (Å²) >= 11 is 0. The highest BCUT2D eigenvalue weighted by molar-refractivity contribution is 5.95. The van der Waals surface area contributed by atoms with Crippen LogP contribution < -0.4 is 16.8 Å². The molecule has 9 heteroatoms. The predicted octanol–water partition coefficient (Wildman–Crippen LogP) is 1.32. The summed E-state index contributed by atoms with van der Waals surface area (Å²) in [4.78, 5) is 54.2. The van der Waals surface area contributed by atoms with Crippen LogP contribution in [0, 0.1) is 0 Å². The summed E-state index contributed by atoms with van der Waals surface area (Å²) in [6.45, 7) is 2.51. The van der Waals surface area contributed by atoms with Crippen LogP contribution in [0.4, 0.5) is 0 Å². The van der Waals surface area contributed by atoms with E-state index in [9.17, 15) is 19.2 Å². The molecule has 1 aliphatic heterocycles. The lowest BCUT2D eigenvalue weighted by Crippen LogP contribution is -2.55. The number of primary amides is 1. The molecule has 1 fully saturated rings. The monoisotopic (exact) mass is 495 g/mol. The van der Waals surface area contributed by atoms with Gasteiger partial charge in [-0.1, -0.05) is 42.5 Å². The zero-order valence-electron chi connectivity index (χ0n) is 21.1. The minimum absolute atomic E-state index is 0.116. The fraction of sp³-hybridized carbons (Fsp3) is 0.481. The third kappa shape index (κ3) is 6.40. The Morgan fingerprint density at radius 2 is 1.83 bits per heavy atom. The van der Waals surface area contributed by atoms with E-state index in [4.69, 9.17) is 11.5 Å². The van der Waals surface area contributed by atoms with Gasteiger partial charge in [-0.25, -0.2) is 0 Å². The van der Waals surface area contributed by atoms with E-state index < -0.39 is 29.9 Å². The van der Waals surface area contributed by atoms with Crippen LogP contribution in [-0.2, 0) is 25.6 Å². The molecule has 0 aromatic heterocycles. The number of likely N-dealkylation sites (tertiary alicyclic amines) is 1. The zero-order chi connectivity index (χ0) is 26.2. The standard InChI is InChI=1S/C27H37N5O4/c1-18(25(29)34)31(2)27(36)22(13-5-6-15-28)30-26(35)23-14-8-16-32(23)24(33)17-20-11-7-10-19-9-3-4-12-21(19)20/h3-4,7,9-12,18,22-23H,5-6,8,13-17,28H2,1-2H3,(H2,29,34)(H,30,35)/t18-,22-,23-/m0/s1. The van der Waals surface area contributed by atoms with Crippen LogP contribution in [0.5, 0.6) is 0 Å². The maximum Gasteiger partial charge on any atom is 0.245 e. The van der Waals surface area contributed by atoms with Crippen molar-refractivity contribution >= 4 is 34.4 Å². The molecular weight excluding hydrogens is 458 g/mol. The summed E-state index contributed by atoms with van der Waals surface area (Å²) in [6, 6.07) is 11.5. The van der Waals surface area contributed by atoms with Crippen molar-refractivity contribution in [3.8, 4) is 0 Å². The third-order valence-electron chi connectivity index (χ3n) is 7.00. The van der Waals surface area contributed by atoms with Crippen LogP contribution >= 0.6 is 0 Å². The number of nitrogens with one attached hydrogen (secondary N) is 1. The Morgan fingerprint density at radius 3 is 2.56 bits per heavy atom. The molecule has 0 saturated carbocycles. The summed E-state index contributed by atoms with van der Waals surface area (Å²) in [6.07, 6.45) is 3.17. The highest BCUT2D eigenvalue weighted by atomic mass is 16.2. The van der Waals surface area contributed by atoms with E-state index in [0.717, 1.165) is 16.3 Å². The van der Waals surface area contributed by atoms with E-state index in [2.05, 4.69) is 5.32 Å². The minimum Gasteiger partial charge on any atom is -0.368 e. The van der Waals surface area contributed by atoms with Gasteiger partial charge in [-0.2, -0.15) is 0 Å². The van der Waals surface area contributed by atoms with E-state index in [0.29, 0.717) is 45.2 Å². The van der Waals surface area contributed by atoms with Crippen molar-refractivity contribution in [3.05, 3.63) is 48.0 Å². The van der Waals surface area contributed by atoms with Gasteiger partial charge in [0.25, 0.3) is 0 Å². The van der Waals surface area contributed by atoms with Crippen molar-refractivity contribution in [2.24, 2.45) is 11.5 Å². The Morgan fingerprint density at radius 1 is 1.11 bits per heavy atom. The quantitative estimate of drug-likeness (QED) is 0.404. The average Bonchev–Trinajstić information content (AvgIpc) is 3.37. The number of amides is 4. The first kappa shape index (κ1) is 27.1. The largest absolute Gasteiger partial charge is 0.368 e. The van der Waals surface area contributed by atoms with Crippen molar-refractivity contribution in [2.75, 3.05) is 20.1 Å². The Bertz CT molecular complexity index is 1100. The third-order valence-corrected chi connectivity index (χ3v) is 7.00. The predicted molar refractivity (Wildman–Crippen MR) is 139 cm³/mol. The lowest BCUT2D eigenvalue weighted by molar-refractivity contribution is -0.142. The van der Waals surface area contributed by atoms with Crippen molar-refractivity contribution < 1.29 is 19.2 Å². The van der Waals surface area contributed by atoms with Gasteiger partial charge in [-0.05, 0) is 61.9 Å². The Kier molecular flexibility index (Phi) is 9.41. The van der Waals surface area contributed by atoms with Crippen molar-refractivity contribution in [1.29, 1.82) is 0 Å². The number of likely N-dealkylation sites (N-methyl/N-ethyl adjacent to an activating group) is 1. The van der Waals surface area contributed by atoms with Crippen LogP contribution in [0.25, 0.3) is 10.8 Å². The fourth-order valence-electron chi connectivity index (χ4n) is 4.69. The van der Waals surface area contributed by atoms with Crippen molar-refractivity contribution in [1.82, 2.24) is 15.1 Å². The summed E-state index contributed by atoms with van der Waals surface area (Å²) in [5.41, 5.74) is 11.9. The molecule has 194 valence electrons. The second kappa shape index (κ2) is 12.5. The molecule has 0 bridgehead atoms. The first-order chi connectivity index (χ1) is 17.2. The zero-order valence-corrected chi connectivity index (χ0v) is 21.1. The molecule has 0 aliphatic carbocycles. The number of hydrogen-bond donors (Lipinski definition) is 3. The van der Waals surface area contributed by atoms with E-state index >= 15 is 0 Å². The molecule has 3 atom stereocenters. The van der Waals surface area contributed by atoms with E-state index in [1.54, 1.807) is 11.8 Å². The van der Waals surface area contributed by atoms with Crippen LogP contribution in [0.1, 0.15) is 44.6 Å². The number of carbonyl (C=O) groups excluding carboxylic acids is 4. The maximum atomic E-state index is 13.3. The highest BCUT2D eigenvalue weighted by Gasteiger charge is 2.36. The lowest BCUT2D eigenvalue weighted by atomic mass is 10.0. The average molecular weight is 496 g/mol. The molecule has 3 rings (SSSR count). The van der Waals surface area contributed by atoms with E-state index in [-0.39, 0.29) is 18.2 Å². The number of carbonyl (C=O) groups is 4. The molecule has 1 aliphatic rings. The Hall–Kier alpha value is -3.46. The topological polar surface area (TPSA) is 139 Å². The number of unbranched alkanes of at least 4 members (excludes halogenated alkanes) is 1. The normalized spacial score (nSPS) is 17.0. The number of benzene rings is 2. The summed E-state index contributed by atoms with van der Waals surface area (Å²) < 4.78 is 0. The molecule has 0 spiro atoms. The first-order valence-corrected chi connectivity index (χ1v) is 12.6. The van der Waals surface area contributed by atoms with Gasteiger partial charge in [-0.15, -0.1) is 0 Å². The molecule has 0 radical (unpaired) electrons. The second-order valence-electron chi connectivity index (χ2n) is 9.43. The van der Waals surface area contributed by atoms with Gasteiger partial charge >= 0.3 is 0 Å².